The molecule has 1 aliphatic rings. The van der Waals surface area contributed by atoms with E-state index in [1.54, 1.807) is 36.1 Å². The van der Waals surface area contributed by atoms with Crippen LogP contribution in [0.1, 0.15) is 17.3 Å². The van der Waals surface area contributed by atoms with E-state index in [1.165, 1.54) is 32.4 Å². The molecule has 0 saturated carbocycles. The molecule has 2 aromatic rings. The molecule has 34 heavy (non-hydrogen) atoms. The first-order valence-electron chi connectivity index (χ1n) is 10.7. The average molecular weight is 493 g/mol. The van der Waals surface area contributed by atoms with E-state index in [4.69, 9.17) is 18.9 Å². The van der Waals surface area contributed by atoms with Crippen LogP contribution in [0.3, 0.4) is 0 Å². The van der Waals surface area contributed by atoms with E-state index in [2.05, 4.69) is 0 Å². The Morgan fingerprint density at radius 1 is 1.06 bits per heavy atom. The van der Waals surface area contributed by atoms with Crippen LogP contribution in [-0.2, 0) is 24.3 Å². The minimum Gasteiger partial charge on any atom is -0.495 e. The molecule has 1 heterocycles. The lowest BCUT2D eigenvalue weighted by Gasteiger charge is -2.31. The van der Waals surface area contributed by atoms with Gasteiger partial charge in [0.1, 0.15) is 22.9 Å². The van der Waals surface area contributed by atoms with Crippen molar-refractivity contribution in [2.45, 2.75) is 11.8 Å². The van der Waals surface area contributed by atoms with Crippen LogP contribution in [0.2, 0.25) is 0 Å². The Hall–Kier alpha value is -3.31. The second kappa shape index (κ2) is 11.2. The van der Waals surface area contributed by atoms with Crippen molar-refractivity contribution in [1.29, 1.82) is 0 Å². The summed E-state index contributed by atoms with van der Waals surface area (Å²) >= 11 is 0. The number of esters is 1. The number of sulfonamides is 1. The van der Waals surface area contributed by atoms with Gasteiger partial charge in [-0.15, -0.1) is 0 Å². The van der Waals surface area contributed by atoms with Crippen LogP contribution in [0, 0.1) is 0 Å². The van der Waals surface area contributed by atoms with Crippen molar-refractivity contribution in [2.24, 2.45) is 0 Å². The van der Waals surface area contributed by atoms with Crippen LogP contribution in [-0.4, -0.2) is 78.9 Å². The molecule has 11 heteroatoms. The average Bonchev–Trinajstić information content (AvgIpc) is 2.87. The number of rotatable bonds is 9. The molecular formula is C23H28N2O8S. The monoisotopic (exact) mass is 492 g/mol. The first-order chi connectivity index (χ1) is 16.3. The van der Waals surface area contributed by atoms with Gasteiger partial charge in [0.05, 0.1) is 45.3 Å². The van der Waals surface area contributed by atoms with Crippen molar-refractivity contribution in [3.63, 3.8) is 0 Å². The lowest BCUT2D eigenvalue weighted by molar-refractivity contribution is -0.133. The Kier molecular flexibility index (Phi) is 8.35. The first kappa shape index (κ1) is 25.3. The molecule has 3 rings (SSSR count). The SMILES string of the molecule is CCOc1ccccc1N(CC(=O)N1CCOCC1)S(=O)(=O)c1cc(C(=O)OC)ccc1OC. The fourth-order valence-corrected chi connectivity index (χ4v) is 5.13. The predicted octanol–water partition coefficient (Wildman–Crippen LogP) is 1.93. The van der Waals surface area contributed by atoms with Gasteiger partial charge >= 0.3 is 5.97 Å². The van der Waals surface area contributed by atoms with Crippen LogP contribution >= 0.6 is 0 Å². The van der Waals surface area contributed by atoms with Crippen LogP contribution in [0.25, 0.3) is 0 Å². The summed E-state index contributed by atoms with van der Waals surface area (Å²) in [5.41, 5.74) is 0.218. The number of nitrogens with zero attached hydrogens (tertiary/aromatic N) is 2. The van der Waals surface area contributed by atoms with Crippen molar-refractivity contribution in [1.82, 2.24) is 4.90 Å². The molecule has 0 N–H and O–H groups in total. The van der Waals surface area contributed by atoms with Gasteiger partial charge in [-0.2, -0.15) is 0 Å². The van der Waals surface area contributed by atoms with Crippen molar-refractivity contribution >= 4 is 27.6 Å². The summed E-state index contributed by atoms with van der Waals surface area (Å²) in [6.45, 7) is 3.08. The highest BCUT2D eigenvalue weighted by atomic mass is 32.2. The molecule has 0 spiro atoms. The minimum absolute atomic E-state index is 0.0189. The Morgan fingerprint density at radius 3 is 2.41 bits per heavy atom. The van der Waals surface area contributed by atoms with Gasteiger partial charge in [-0.3, -0.25) is 9.10 Å². The van der Waals surface area contributed by atoms with E-state index in [1.807, 2.05) is 0 Å². The number of methoxy groups -OCH3 is 2. The van der Waals surface area contributed by atoms with Gasteiger partial charge in [0, 0.05) is 13.1 Å². The molecule has 184 valence electrons. The van der Waals surface area contributed by atoms with Crippen molar-refractivity contribution < 1.29 is 37.0 Å². The molecule has 1 saturated heterocycles. The number of hydrogen-bond donors (Lipinski definition) is 0. The van der Waals surface area contributed by atoms with Gasteiger partial charge in [0.15, 0.2) is 0 Å². The molecule has 1 amide bonds. The van der Waals surface area contributed by atoms with Gasteiger partial charge in [0.25, 0.3) is 10.0 Å². The lowest BCUT2D eigenvalue weighted by atomic mass is 10.2. The highest BCUT2D eigenvalue weighted by Crippen LogP contribution is 2.36. The van der Waals surface area contributed by atoms with Crippen molar-refractivity contribution in [3.8, 4) is 11.5 Å². The summed E-state index contributed by atoms with van der Waals surface area (Å²) in [7, 11) is -1.87. The fraction of sp³-hybridized carbons (Fsp3) is 0.391. The Balaban J connectivity index is 2.13. The quantitative estimate of drug-likeness (QED) is 0.488. The summed E-state index contributed by atoms with van der Waals surface area (Å²) in [5, 5.41) is 0. The number of morpholine rings is 1. The van der Waals surface area contributed by atoms with Gasteiger partial charge < -0.3 is 23.8 Å². The summed E-state index contributed by atoms with van der Waals surface area (Å²) in [6, 6.07) is 10.5. The van der Waals surface area contributed by atoms with Crippen LogP contribution < -0.4 is 13.8 Å². The largest absolute Gasteiger partial charge is 0.495 e. The van der Waals surface area contributed by atoms with Gasteiger partial charge in [-0.25, -0.2) is 13.2 Å². The van der Waals surface area contributed by atoms with Crippen molar-refractivity contribution in [3.05, 3.63) is 48.0 Å². The highest BCUT2D eigenvalue weighted by molar-refractivity contribution is 7.93. The third-order valence-corrected chi connectivity index (χ3v) is 7.01. The molecule has 1 fully saturated rings. The number of anilines is 1. The van der Waals surface area contributed by atoms with E-state index < -0.39 is 22.5 Å². The topological polar surface area (TPSA) is 112 Å². The molecule has 0 unspecified atom stereocenters. The van der Waals surface area contributed by atoms with Crippen molar-refractivity contribution in [2.75, 3.05) is 58.0 Å². The molecule has 0 aromatic heterocycles. The molecule has 0 bridgehead atoms. The summed E-state index contributed by atoms with van der Waals surface area (Å²) in [6.07, 6.45) is 0. The number of para-hydroxylation sites is 2. The fourth-order valence-electron chi connectivity index (χ4n) is 3.52. The summed E-state index contributed by atoms with van der Waals surface area (Å²) in [5.74, 6) is -0.775. The maximum atomic E-state index is 14.0. The second-order valence-corrected chi connectivity index (χ2v) is 9.09. The molecular weight excluding hydrogens is 464 g/mol. The summed E-state index contributed by atoms with van der Waals surface area (Å²) < 4.78 is 49.9. The second-order valence-electron chi connectivity index (χ2n) is 7.26. The zero-order chi connectivity index (χ0) is 24.7. The van der Waals surface area contributed by atoms with Crippen LogP contribution in [0.5, 0.6) is 11.5 Å². The number of benzene rings is 2. The molecule has 0 radical (unpaired) electrons. The molecule has 0 aliphatic carbocycles. The van der Waals surface area contributed by atoms with E-state index in [0.29, 0.717) is 38.7 Å². The van der Waals surface area contributed by atoms with Gasteiger partial charge in [-0.1, -0.05) is 12.1 Å². The van der Waals surface area contributed by atoms with Crippen LogP contribution in [0.4, 0.5) is 5.69 Å². The number of amides is 1. The van der Waals surface area contributed by atoms with E-state index in [-0.39, 0.29) is 27.8 Å². The zero-order valence-corrected chi connectivity index (χ0v) is 20.2. The minimum atomic E-state index is -4.39. The number of ether oxygens (including phenoxy) is 4. The standard InChI is InChI=1S/C23H28N2O8S/c1-4-33-19-8-6-5-7-18(19)25(16-22(26)24-11-13-32-14-12-24)34(28,29)21-15-17(23(27)31-3)9-10-20(21)30-2/h5-10,15H,4,11-14,16H2,1-3H3. The first-order valence-corrected chi connectivity index (χ1v) is 12.1. The maximum Gasteiger partial charge on any atom is 0.337 e. The molecule has 10 nitrogen and oxygen atoms in total. The van der Waals surface area contributed by atoms with Crippen LogP contribution in [0.15, 0.2) is 47.4 Å². The number of carbonyl (C=O) groups is 2. The smallest absolute Gasteiger partial charge is 0.337 e. The van der Waals surface area contributed by atoms with E-state index in [9.17, 15) is 18.0 Å². The molecule has 0 atom stereocenters. The Morgan fingerprint density at radius 2 is 1.76 bits per heavy atom. The third kappa shape index (κ3) is 5.42. The predicted molar refractivity (Wildman–Crippen MR) is 124 cm³/mol. The van der Waals surface area contributed by atoms with E-state index in [0.717, 1.165) is 4.31 Å². The van der Waals surface area contributed by atoms with Gasteiger partial charge in [-0.05, 0) is 37.3 Å². The molecule has 2 aromatic carbocycles. The number of hydrogen-bond acceptors (Lipinski definition) is 8. The lowest BCUT2D eigenvalue weighted by Crippen LogP contribution is -2.47. The Labute approximate surface area is 199 Å². The zero-order valence-electron chi connectivity index (χ0n) is 19.4. The molecule has 1 aliphatic heterocycles. The summed E-state index contributed by atoms with van der Waals surface area (Å²) in [4.78, 5) is 26.5. The highest BCUT2D eigenvalue weighted by Gasteiger charge is 2.34. The normalized spacial score (nSPS) is 13.8. The Bertz CT molecular complexity index is 1130. The van der Waals surface area contributed by atoms with E-state index >= 15 is 0 Å². The third-order valence-electron chi connectivity index (χ3n) is 5.23. The number of carbonyl (C=O) groups excluding carboxylic acids is 2. The maximum absolute atomic E-state index is 14.0. The van der Waals surface area contributed by atoms with Gasteiger partial charge in [0.2, 0.25) is 5.91 Å².